The second-order valence-electron chi connectivity index (χ2n) is 10.4. The van der Waals surface area contributed by atoms with Gasteiger partial charge in [-0.2, -0.15) is 0 Å². The van der Waals surface area contributed by atoms with Gasteiger partial charge < -0.3 is 9.88 Å². The molecular formula is C28H36N4. The van der Waals surface area contributed by atoms with Crippen LogP contribution in [0.2, 0.25) is 0 Å². The van der Waals surface area contributed by atoms with Crippen molar-refractivity contribution < 1.29 is 0 Å². The van der Waals surface area contributed by atoms with Crippen LogP contribution in [0.15, 0.2) is 54.6 Å². The normalized spacial score (nSPS) is 27.7. The van der Waals surface area contributed by atoms with Crippen LogP contribution in [0.4, 0.5) is 0 Å². The lowest BCUT2D eigenvalue weighted by molar-refractivity contribution is 0.0929. The van der Waals surface area contributed by atoms with Gasteiger partial charge in [-0.25, -0.2) is 4.98 Å². The summed E-state index contributed by atoms with van der Waals surface area (Å²) in [4.78, 5) is 7.76. The Bertz CT molecular complexity index is 1050. The van der Waals surface area contributed by atoms with E-state index in [9.17, 15) is 0 Å². The maximum atomic E-state index is 4.86. The summed E-state index contributed by atoms with van der Waals surface area (Å²) in [6, 6.07) is 22.1. The molecule has 0 saturated carbocycles. The highest BCUT2D eigenvalue weighted by atomic mass is 15.2. The van der Waals surface area contributed by atoms with Crippen LogP contribution in [-0.4, -0.2) is 46.2 Å². The average Bonchev–Trinajstić information content (AvgIpc) is 3.30. The average molecular weight is 429 g/mol. The molecule has 6 rings (SSSR count). The molecule has 4 heterocycles. The molecule has 0 unspecified atom stereocenters. The molecule has 0 spiro atoms. The third-order valence-corrected chi connectivity index (χ3v) is 8.79. The smallest absolute Gasteiger partial charge is 0.106 e. The summed E-state index contributed by atoms with van der Waals surface area (Å²) < 4.78 is 2.55. The third-order valence-electron chi connectivity index (χ3n) is 8.79. The number of aromatic nitrogens is 2. The molecule has 0 amide bonds. The number of hydrogen-bond acceptors (Lipinski definition) is 3. The van der Waals surface area contributed by atoms with E-state index in [2.05, 4.69) is 76.3 Å². The van der Waals surface area contributed by atoms with Crippen molar-refractivity contribution in [2.45, 2.75) is 75.4 Å². The van der Waals surface area contributed by atoms with Crippen LogP contribution in [0, 0.1) is 6.92 Å². The lowest BCUT2D eigenvalue weighted by Gasteiger charge is -2.44. The molecular weight excluding hydrogens is 392 g/mol. The zero-order valence-corrected chi connectivity index (χ0v) is 19.3. The van der Waals surface area contributed by atoms with Crippen LogP contribution in [0.5, 0.6) is 0 Å². The maximum absolute atomic E-state index is 4.86. The SMILES string of the molecule is Cc1nc2ccccc2n1C1C[C@@H]2CC[C@@H](C1)N2CCC1(c2ccccc2)CCNCC1. The van der Waals surface area contributed by atoms with Gasteiger partial charge in [0.05, 0.1) is 11.0 Å². The summed E-state index contributed by atoms with van der Waals surface area (Å²) in [7, 11) is 0. The van der Waals surface area contributed by atoms with E-state index in [0.717, 1.165) is 30.7 Å². The zero-order chi connectivity index (χ0) is 21.5. The van der Waals surface area contributed by atoms with Crippen LogP contribution in [0.3, 0.4) is 0 Å². The Labute approximate surface area is 192 Å². The Balaban J connectivity index is 1.20. The molecule has 32 heavy (non-hydrogen) atoms. The van der Waals surface area contributed by atoms with E-state index in [4.69, 9.17) is 4.98 Å². The second-order valence-corrected chi connectivity index (χ2v) is 10.4. The van der Waals surface area contributed by atoms with Crippen molar-refractivity contribution >= 4 is 11.0 Å². The third kappa shape index (κ3) is 3.48. The van der Waals surface area contributed by atoms with Gasteiger partial charge in [-0.3, -0.25) is 4.90 Å². The Morgan fingerprint density at radius 1 is 0.906 bits per heavy atom. The quantitative estimate of drug-likeness (QED) is 0.604. The Hall–Kier alpha value is -2.17. The zero-order valence-electron chi connectivity index (χ0n) is 19.3. The van der Waals surface area contributed by atoms with Crippen molar-refractivity contribution in [1.82, 2.24) is 19.8 Å². The standard InChI is InChI=1S/C28H36N4/c1-21-30-26-9-5-6-10-27(26)32(21)25-19-23-11-12-24(20-25)31(23)18-15-28(13-16-29-17-14-28)22-7-3-2-4-8-22/h2-10,23-25,29H,11-20H2,1H3/t23-,24-/m0/s1. The molecule has 2 aromatic carbocycles. The number of nitrogens with zero attached hydrogens (tertiary/aromatic N) is 3. The molecule has 3 aromatic rings. The number of piperidine rings is 2. The van der Waals surface area contributed by atoms with Gasteiger partial charge in [0.1, 0.15) is 5.82 Å². The van der Waals surface area contributed by atoms with E-state index in [0.29, 0.717) is 11.5 Å². The highest BCUT2D eigenvalue weighted by Crippen LogP contribution is 2.44. The number of hydrogen-bond donors (Lipinski definition) is 1. The van der Waals surface area contributed by atoms with Gasteiger partial charge in [-0.15, -0.1) is 0 Å². The molecule has 2 atom stereocenters. The highest BCUT2D eigenvalue weighted by molar-refractivity contribution is 5.76. The second kappa shape index (κ2) is 8.31. The fourth-order valence-corrected chi connectivity index (χ4v) is 7.17. The van der Waals surface area contributed by atoms with Gasteiger partial charge in [0.15, 0.2) is 0 Å². The van der Waals surface area contributed by atoms with Gasteiger partial charge in [0.2, 0.25) is 0 Å². The van der Waals surface area contributed by atoms with Crippen molar-refractivity contribution in [3.8, 4) is 0 Å². The van der Waals surface area contributed by atoms with E-state index in [1.165, 1.54) is 62.8 Å². The molecule has 1 N–H and O–H groups in total. The first-order valence-corrected chi connectivity index (χ1v) is 12.7. The number of benzene rings is 2. The predicted octanol–water partition coefficient (Wildman–Crippen LogP) is 5.22. The number of imidazole rings is 1. The molecule has 3 aliphatic rings. The Morgan fingerprint density at radius 2 is 1.59 bits per heavy atom. The Morgan fingerprint density at radius 3 is 2.34 bits per heavy atom. The van der Waals surface area contributed by atoms with Crippen molar-refractivity contribution in [2.24, 2.45) is 0 Å². The number of fused-ring (bicyclic) bond motifs is 3. The van der Waals surface area contributed by atoms with Crippen LogP contribution in [-0.2, 0) is 5.41 Å². The van der Waals surface area contributed by atoms with Gasteiger partial charge >= 0.3 is 0 Å². The van der Waals surface area contributed by atoms with E-state index in [1.807, 2.05) is 0 Å². The van der Waals surface area contributed by atoms with E-state index < -0.39 is 0 Å². The molecule has 3 aliphatic heterocycles. The Kier molecular flexibility index (Phi) is 5.31. The fraction of sp³-hybridized carbons (Fsp3) is 0.536. The summed E-state index contributed by atoms with van der Waals surface area (Å²) in [6.07, 6.45) is 9.12. The van der Waals surface area contributed by atoms with Crippen LogP contribution < -0.4 is 5.32 Å². The lowest BCUT2D eigenvalue weighted by Crippen LogP contribution is -2.47. The molecule has 3 fully saturated rings. The summed E-state index contributed by atoms with van der Waals surface area (Å²) in [5.41, 5.74) is 4.38. The molecule has 1 aromatic heterocycles. The minimum atomic E-state index is 0.347. The van der Waals surface area contributed by atoms with Crippen LogP contribution >= 0.6 is 0 Å². The summed E-state index contributed by atoms with van der Waals surface area (Å²) in [5.74, 6) is 1.18. The topological polar surface area (TPSA) is 33.1 Å². The first-order chi connectivity index (χ1) is 15.7. The summed E-state index contributed by atoms with van der Waals surface area (Å²) >= 11 is 0. The van der Waals surface area contributed by atoms with Gasteiger partial charge in [-0.05, 0) is 94.6 Å². The number of rotatable bonds is 5. The van der Waals surface area contributed by atoms with Crippen molar-refractivity contribution in [1.29, 1.82) is 0 Å². The molecule has 3 saturated heterocycles. The van der Waals surface area contributed by atoms with Crippen molar-refractivity contribution in [3.63, 3.8) is 0 Å². The van der Waals surface area contributed by atoms with E-state index >= 15 is 0 Å². The number of aryl methyl sites for hydroxylation is 1. The van der Waals surface area contributed by atoms with Crippen LogP contribution in [0.1, 0.15) is 62.4 Å². The van der Waals surface area contributed by atoms with Gasteiger partial charge in [0.25, 0.3) is 0 Å². The van der Waals surface area contributed by atoms with Gasteiger partial charge in [-0.1, -0.05) is 42.5 Å². The fourth-order valence-electron chi connectivity index (χ4n) is 7.17. The monoisotopic (exact) mass is 428 g/mol. The first kappa shape index (κ1) is 20.4. The lowest BCUT2D eigenvalue weighted by atomic mass is 9.70. The first-order valence-electron chi connectivity index (χ1n) is 12.7. The van der Waals surface area contributed by atoms with E-state index in [-0.39, 0.29) is 0 Å². The summed E-state index contributed by atoms with van der Waals surface area (Å²) in [6.45, 7) is 5.74. The number of para-hydroxylation sites is 2. The molecule has 0 aliphatic carbocycles. The maximum Gasteiger partial charge on any atom is 0.106 e. The largest absolute Gasteiger partial charge is 0.325 e. The van der Waals surface area contributed by atoms with Gasteiger partial charge in [0, 0.05) is 18.1 Å². The minimum Gasteiger partial charge on any atom is -0.325 e. The molecule has 4 nitrogen and oxygen atoms in total. The van der Waals surface area contributed by atoms with Crippen molar-refractivity contribution in [3.05, 3.63) is 66.0 Å². The highest BCUT2D eigenvalue weighted by Gasteiger charge is 2.43. The molecule has 4 heteroatoms. The van der Waals surface area contributed by atoms with E-state index in [1.54, 1.807) is 5.56 Å². The molecule has 0 radical (unpaired) electrons. The minimum absolute atomic E-state index is 0.347. The predicted molar refractivity (Wildman–Crippen MR) is 131 cm³/mol. The summed E-state index contributed by atoms with van der Waals surface area (Å²) in [5, 5.41) is 3.60. The van der Waals surface area contributed by atoms with Crippen molar-refractivity contribution in [2.75, 3.05) is 19.6 Å². The number of nitrogens with one attached hydrogen (secondary N) is 1. The van der Waals surface area contributed by atoms with Crippen LogP contribution in [0.25, 0.3) is 11.0 Å². The molecule has 168 valence electrons. The molecule has 2 bridgehead atoms.